The van der Waals surface area contributed by atoms with Crippen LogP contribution in [0.1, 0.15) is 46.0 Å². The Labute approximate surface area is 103 Å². The molecule has 0 amide bonds. The fraction of sp³-hybridized carbons (Fsp3) is 0.909. The van der Waals surface area contributed by atoms with Gasteiger partial charge in [-0.25, -0.2) is 13.1 Å². The van der Waals surface area contributed by atoms with Gasteiger partial charge in [0.1, 0.15) is 6.04 Å². The second kappa shape index (κ2) is 5.82. The third-order valence-corrected chi connectivity index (χ3v) is 5.44. The summed E-state index contributed by atoms with van der Waals surface area (Å²) in [5.41, 5.74) is 0. The number of nitrogens with one attached hydrogen (secondary N) is 1. The van der Waals surface area contributed by atoms with Crippen LogP contribution < -0.4 is 4.72 Å². The third kappa shape index (κ3) is 3.67. The molecule has 0 bridgehead atoms. The first-order valence-corrected chi connectivity index (χ1v) is 7.67. The smallest absolute Gasteiger partial charge is 0.322 e. The normalized spacial score (nSPS) is 21.3. The highest BCUT2D eigenvalue weighted by atomic mass is 32.2. The Kier molecular flexibility index (Phi) is 4.94. The highest BCUT2D eigenvalue weighted by molar-refractivity contribution is 7.90. The minimum absolute atomic E-state index is 0.205. The molecule has 0 spiro atoms. The van der Waals surface area contributed by atoms with Gasteiger partial charge in [0.05, 0.1) is 5.25 Å². The standard InChI is InChI=1S/C11H21NO4S/c1-3-8(2)10(11(13)14)12-17(15,16)9-6-4-5-7-9/h8-10,12H,3-7H2,1-2H3,(H,13,14). The Morgan fingerprint density at radius 3 is 2.35 bits per heavy atom. The van der Waals surface area contributed by atoms with Crippen molar-refractivity contribution >= 4 is 16.0 Å². The first kappa shape index (κ1) is 14.4. The molecule has 1 aliphatic rings. The van der Waals surface area contributed by atoms with Crippen LogP contribution in [0.5, 0.6) is 0 Å². The van der Waals surface area contributed by atoms with Crippen LogP contribution in [-0.4, -0.2) is 30.8 Å². The quantitative estimate of drug-likeness (QED) is 0.757. The maximum Gasteiger partial charge on any atom is 0.322 e. The molecule has 17 heavy (non-hydrogen) atoms. The molecule has 6 heteroatoms. The summed E-state index contributed by atoms with van der Waals surface area (Å²) in [4.78, 5) is 11.1. The van der Waals surface area contributed by atoms with Crippen LogP contribution in [0, 0.1) is 5.92 Å². The first-order chi connectivity index (χ1) is 7.88. The summed E-state index contributed by atoms with van der Waals surface area (Å²) in [6, 6.07) is -1.01. The Bertz CT molecular complexity index is 360. The first-order valence-electron chi connectivity index (χ1n) is 6.12. The van der Waals surface area contributed by atoms with Gasteiger partial charge in [-0.05, 0) is 18.8 Å². The van der Waals surface area contributed by atoms with E-state index in [9.17, 15) is 13.2 Å². The van der Waals surface area contributed by atoms with Crippen molar-refractivity contribution in [2.45, 2.75) is 57.2 Å². The molecule has 100 valence electrons. The predicted octanol–water partition coefficient (Wildman–Crippen LogP) is 1.35. The lowest BCUT2D eigenvalue weighted by atomic mass is 10.0. The van der Waals surface area contributed by atoms with Crippen LogP contribution in [0.4, 0.5) is 0 Å². The van der Waals surface area contributed by atoms with Crippen LogP contribution >= 0.6 is 0 Å². The minimum atomic E-state index is -3.49. The minimum Gasteiger partial charge on any atom is -0.480 e. The number of sulfonamides is 1. The number of rotatable bonds is 6. The molecule has 0 aromatic carbocycles. The molecule has 0 aromatic rings. The highest BCUT2D eigenvalue weighted by Gasteiger charge is 2.34. The topological polar surface area (TPSA) is 83.5 Å². The van der Waals surface area contributed by atoms with Gasteiger partial charge in [-0.3, -0.25) is 4.79 Å². The monoisotopic (exact) mass is 263 g/mol. The van der Waals surface area contributed by atoms with Gasteiger partial charge >= 0.3 is 5.97 Å². The van der Waals surface area contributed by atoms with E-state index < -0.39 is 27.3 Å². The number of carboxylic acids is 1. The molecule has 5 nitrogen and oxygen atoms in total. The van der Waals surface area contributed by atoms with Crippen molar-refractivity contribution in [3.05, 3.63) is 0 Å². The molecule has 1 aliphatic carbocycles. The van der Waals surface area contributed by atoms with E-state index in [1.54, 1.807) is 6.92 Å². The molecule has 0 saturated heterocycles. The number of carbonyl (C=O) groups is 1. The molecular formula is C11H21NO4S. The van der Waals surface area contributed by atoms with Crippen LogP contribution in [0.2, 0.25) is 0 Å². The summed E-state index contributed by atoms with van der Waals surface area (Å²) in [5, 5.41) is 8.65. The SMILES string of the molecule is CCC(C)C(NS(=O)(=O)C1CCCC1)C(=O)O. The average molecular weight is 263 g/mol. The fourth-order valence-electron chi connectivity index (χ4n) is 2.12. The van der Waals surface area contributed by atoms with Gasteiger partial charge in [-0.15, -0.1) is 0 Å². The van der Waals surface area contributed by atoms with Gasteiger partial charge in [-0.1, -0.05) is 33.1 Å². The zero-order chi connectivity index (χ0) is 13.1. The van der Waals surface area contributed by atoms with Gasteiger partial charge in [0.15, 0.2) is 0 Å². The number of hydrogen-bond donors (Lipinski definition) is 2. The van der Waals surface area contributed by atoms with E-state index in [0.717, 1.165) is 12.8 Å². The van der Waals surface area contributed by atoms with E-state index in [1.165, 1.54) is 0 Å². The molecule has 2 unspecified atom stereocenters. The van der Waals surface area contributed by atoms with Crippen molar-refractivity contribution in [2.75, 3.05) is 0 Å². The molecule has 1 saturated carbocycles. The summed E-state index contributed by atoms with van der Waals surface area (Å²) < 4.78 is 26.3. The Balaban J connectivity index is 2.75. The van der Waals surface area contributed by atoms with E-state index in [2.05, 4.69) is 4.72 Å². The van der Waals surface area contributed by atoms with Gasteiger partial charge in [0, 0.05) is 0 Å². The Hall–Kier alpha value is -0.620. The maximum absolute atomic E-state index is 12.0. The van der Waals surface area contributed by atoms with E-state index in [0.29, 0.717) is 19.3 Å². The van der Waals surface area contributed by atoms with E-state index >= 15 is 0 Å². The molecule has 0 aromatic heterocycles. The van der Waals surface area contributed by atoms with Gasteiger partial charge < -0.3 is 5.11 Å². The molecular weight excluding hydrogens is 242 g/mol. The van der Waals surface area contributed by atoms with Crippen LogP contribution in [-0.2, 0) is 14.8 Å². The van der Waals surface area contributed by atoms with Crippen molar-refractivity contribution < 1.29 is 18.3 Å². The lowest BCUT2D eigenvalue weighted by Gasteiger charge is -2.22. The predicted molar refractivity (Wildman–Crippen MR) is 65.2 cm³/mol. The Morgan fingerprint density at radius 2 is 1.94 bits per heavy atom. The third-order valence-electron chi connectivity index (χ3n) is 3.51. The van der Waals surface area contributed by atoms with Gasteiger partial charge in [0.25, 0.3) is 0 Å². The molecule has 2 N–H and O–H groups in total. The summed E-state index contributed by atoms with van der Waals surface area (Å²) >= 11 is 0. The molecule has 2 atom stereocenters. The average Bonchev–Trinajstić information content (AvgIpc) is 2.78. The lowest BCUT2D eigenvalue weighted by Crippen LogP contribution is -2.47. The van der Waals surface area contributed by atoms with Crippen molar-refractivity contribution in [3.8, 4) is 0 Å². The van der Waals surface area contributed by atoms with Crippen LogP contribution in [0.3, 0.4) is 0 Å². The van der Waals surface area contributed by atoms with E-state index in [1.807, 2.05) is 6.92 Å². The Morgan fingerprint density at radius 1 is 1.41 bits per heavy atom. The molecule has 0 radical (unpaired) electrons. The highest BCUT2D eigenvalue weighted by Crippen LogP contribution is 2.24. The van der Waals surface area contributed by atoms with Gasteiger partial charge in [-0.2, -0.15) is 0 Å². The summed E-state index contributed by atoms with van der Waals surface area (Å²) in [7, 11) is -3.49. The molecule has 1 rings (SSSR count). The number of carboxylic acid groups (broad SMARTS) is 1. The summed E-state index contributed by atoms with van der Waals surface area (Å²) in [5.74, 6) is -1.30. The molecule has 0 heterocycles. The van der Waals surface area contributed by atoms with Crippen molar-refractivity contribution in [3.63, 3.8) is 0 Å². The van der Waals surface area contributed by atoms with Crippen molar-refractivity contribution in [2.24, 2.45) is 5.92 Å². The van der Waals surface area contributed by atoms with Crippen molar-refractivity contribution in [1.82, 2.24) is 4.72 Å². The van der Waals surface area contributed by atoms with Crippen LogP contribution in [0.15, 0.2) is 0 Å². The maximum atomic E-state index is 12.0. The van der Waals surface area contributed by atoms with E-state index in [4.69, 9.17) is 5.11 Å². The van der Waals surface area contributed by atoms with Crippen molar-refractivity contribution in [1.29, 1.82) is 0 Å². The largest absolute Gasteiger partial charge is 0.480 e. The van der Waals surface area contributed by atoms with Gasteiger partial charge in [0.2, 0.25) is 10.0 Å². The van der Waals surface area contributed by atoms with E-state index in [-0.39, 0.29) is 5.92 Å². The lowest BCUT2D eigenvalue weighted by molar-refractivity contribution is -0.140. The summed E-state index contributed by atoms with van der Waals surface area (Å²) in [6.07, 6.45) is 3.73. The molecule has 0 aliphatic heterocycles. The zero-order valence-corrected chi connectivity index (χ0v) is 11.2. The fourth-order valence-corrected chi connectivity index (χ4v) is 3.95. The summed E-state index contributed by atoms with van der Waals surface area (Å²) in [6.45, 7) is 3.60. The second-order valence-electron chi connectivity index (χ2n) is 4.77. The van der Waals surface area contributed by atoms with Crippen LogP contribution in [0.25, 0.3) is 0 Å². The molecule has 1 fully saturated rings. The number of hydrogen-bond acceptors (Lipinski definition) is 3. The zero-order valence-electron chi connectivity index (χ0n) is 10.3. The second-order valence-corrected chi connectivity index (χ2v) is 6.76. The number of aliphatic carboxylic acids is 1.